The Morgan fingerprint density at radius 3 is 1.84 bits per heavy atom. The quantitative estimate of drug-likeness (QED) is 0.218. The van der Waals surface area contributed by atoms with Crippen molar-refractivity contribution in [2.45, 2.75) is 26.2 Å². The molecule has 0 atom stereocenters. The third-order valence-corrected chi connectivity index (χ3v) is 8.01. The average molecular weight is 555 g/mol. The molecule has 0 aliphatic carbocycles. The van der Waals surface area contributed by atoms with Gasteiger partial charge in [-0.1, -0.05) is 106 Å². The molecule has 0 unspecified atom stereocenters. The van der Waals surface area contributed by atoms with Crippen LogP contribution in [-0.2, 0) is 5.41 Å². The first kappa shape index (κ1) is 26.4. The second kappa shape index (κ2) is 10.4. The minimum atomic E-state index is 0.0167. The lowest BCUT2D eigenvalue weighted by molar-refractivity contribution is 0.591. The lowest BCUT2D eigenvalue weighted by Gasteiger charge is -2.19. The smallest absolute Gasteiger partial charge is 0.162 e. The maximum absolute atomic E-state index is 9.97. The number of fused-ring (bicyclic) bond motifs is 3. The number of rotatable bonds is 4. The lowest BCUT2D eigenvalue weighted by Crippen LogP contribution is -2.10. The van der Waals surface area contributed by atoms with E-state index in [0.717, 1.165) is 44.8 Å². The van der Waals surface area contributed by atoms with Gasteiger partial charge in [0.1, 0.15) is 0 Å². The van der Waals surface area contributed by atoms with Gasteiger partial charge in [0.25, 0.3) is 0 Å². The van der Waals surface area contributed by atoms with Gasteiger partial charge >= 0.3 is 0 Å². The van der Waals surface area contributed by atoms with E-state index in [-0.39, 0.29) is 5.41 Å². The van der Waals surface area contributed by atoms with Crippen LogP contribution in [0.5, 0.6) is 0 Å². The van der Waals surface area contributed by atoms with Gasteiger partial charge in [0.05, 0.1) is 39.7 Å². The molecule has 0 bridgehead atoms. The first-order valence-electron chi connectivity index (χ1n) is 14.5. The Labute approximate surface area is 251 Å². The molecule has 43 heavy (non-hydrogen) atoms. The first-order valence-corrected chi connectivity index (χ1v) is 14.5. The number of benzene rings is 5. The second-order valence-corrected chi connectivity index (χ2v) is 11.9. The van der Waals surface area contributed by atoms with E-state index < -0.39 is 0 Å². The van der Waals surface area contributed by atoms with Crippen LogP contribution in [0.2, 0.25) is 0 Å². The monoisotopic (exact) mass is 554 g/mol. The van der Waals surface area contributed by atoms with Crippen LogP contribution in [0.15, 0.2) is 127 Å². The summed E-state index contributed by atoms with van der Waals surface area (Å²) in [4.78, 5) is 10.2. The summed E-state index contributed by atoms with van der Waals surface area (Å²) in [6.45, 7) is 6.72. The predicted octanol–water partition coefficient (Wildman–Crippen LogP) is 9.74. The Hall–Kier alpha value is -5.53. The molecule has 0 amide bonds. The van der Waals surface area contributed by atoms with Crippen LogP contribution in [0, 0.1) is 11.3 Å². The standard InChI is InChI=1S/C39H30N4/c1-39(2,3)29-19-21-36-32(23-29)30-16-10-11-17-35(30)43(36)37-22-26(25-40)18-20-31(37)38-41-33(27-12-6-4-7-13-27)24-34(42-38)28-14-8-5-9-15-28/h4-24H,1-3H3. The highest BCUT2D eigenvalue weighted by Gasteiger charge is 2.21. The molecular formula is C39H30N4. The maximum Gasteiger partial charge on any atom is 0.162 e. The summed E-state index contributed by atoms with van der Waals surface area (Å²) in [7, 11) is 0. The van der Waals surface area contributed by atoms with Crippen LogP contribution in [0.1, 0.15) is 31.9 Å². The Morgan fingerprint density at radius 1 is 0.605 bits per heavy atom. The molecular weight excluding hydrogens is 524 g/mol. The van der Waals surface area contributed by atoms with Gasteiger partial charge in [-0.25, -0.2) is 9.97 Å². The lowest BCUT2D eigenvalue weighted by atomic mass is 9.86. The average Bonchev–Trinajstić information content (AvgIpc) is 3.38. The molecule has 0 spiro atoms. The van der Waals surface area contributed by atoms with Gasteiger partial charge in [0.2, 0.25) is 0 Å². The van der Waals surface area contributed by atoms with Gasteiger partial charge in [-0.2, -0.15) is 5.26 Å². The molecule has 0 saturated heterocycles. The Morgan fingerprint density at radius 2 is 1.21 bits per heavy atom. The normalized spacial score (nSPS) is 11.6. The highest BCUT2D eigenvalue weighted by atomic mass is 15.0. The van der Waals surface area contributed by atoms with Crippen molar-refractivity contribution in [2.75, 3.05) is 0 Å². The SMILES string of the molecule is CC(C)(C)c1ccc2c(c1)c1ccccc1n2-c1cc(C#N)ccc1-c1nc(-c2ccccc2)cc(-c2ccccc2)n1. The zero-order valence-corrected chi connectivity index (χ0v) is 24.4. The van der Waals surface area contributed by atoms with Gasteiger partial charge in [-0.3, -0.25) is 0 Å². The van der Waals surface area contributed by atoms with Gasteiger partial charge in [-0.05, 0) is 53.4 Å². The summed E-state index contributed by atoms with van der Waals surface area (Å²) in [6.07, 6.45) is 0. The van der Waals surface area contributed by atoms with E-state index in [9.17, 15) is 5.26 Å². The summed E-state index contributed by atoms with van der Waals surface area (Å²) in [5, 5.41) is 12.3. The van der Waals surface area contributed by atoms with Crippen LogP contribution in [0.25, 0.3) is 61.4 Å². The zero-order chi connectivity index (χ0) is 29.6. The van der Waals surface area contributed by atoms with Crippen LogP contribution in [0.4, 0.5) is 0 Å². The molecule has 4 nitrogen and oxygen atoms in total. The molecule has 0 N–H and O–H groups in total. The van der Waals surface area contributed by atoms with Crippen molar-refractivity contribution < 1.29 is 0 Å². The minimum Gasteiger partial charge on any atom is -0.308 e. The van der Waals surface area contributed by atoms with Gasteiger partial charge < -0.3 is 4.57 Å². The summed E-state index contributed by atoms with van der Waals surface area (Å²) < 4.78 is 2.26. The fourth-order valence-electron chi connectivity index (χ4n) is 5.76. The minimum absolute atomic E-state index is 0.0167. The van der Waals surface area contributed by atoms with E-state index in [1.807, 2.05) is 60.7 Å². The van der Waals surface area contributed by atoms with Gasteiger partial charge in [-0.15, -0.1) is 0 Å². The van der Waals surface area contributed by atoms with E-state index in [1.165, 1.54) is 16.3 Å². The molecule has 0 fully saturated rings. The fourth-order valence-corrected chi connectivity index (χ4v) is 5.76. The molecule has 206 valence electrons. The first-order chi connectivity index (χ1) is 20.9. The molecule has 7 rings (SSSR count). The topological polar surface area (TPSA) is 54.5 Å². The molecule has 2 aromatic heterocycles. The number of nitriles is 1. The molecule has 0 aliphatic rings. The van der Waals surface area contributed by atoms with Gasteiger partial charge in [0, 0.05) is 27.5 Å². The molecule has 4 heteroatoms. The third-order valence-electron chi connectivity index (χ3n) is 8.01. The molecule has 0 aliphatic heterocycles. The van der Waals surface area contributed by atoms with Crippen molar-refractivity contribution in [2.24, 2.45) is 0 Å². The molecule has 2 heterocycles. The third kappa shape index (κ3) is 4.75. The maximum atomic E-state index is 9.97. The summed E-state index contributed by atoms with van der Waals surface area (Å²) in [5.41, 5.74) is 9.48. The molecule has 7 aromatic rings. The van der Waals surface area contributed by atoms with Crippen LogP contribution in [0.3, 0.4) is 0 Å². The Bertz CT molecular complexity index is 2100. The van der Waals surface area contributed by atoms with E-state index in [4.69, 9.17) is 9.97 Å². The molecule has 0 radical (unpaired) electrons. The fraction of sp³-hybridized carbons (Fsp3) is 0.103. The Kier molecular flexibility index (Phi) is 6.37. The number of nitrogens with zero attached hydrogens (tertiary/aromatic N) is 4. The van der Waals surface area contributed by atoms with E-state index in [1.54, 1.807) is 0 Å². The highest BCUT2D eigenvalue weighted by Crippen LogP contribution is 2.38. The largest absolute Gasteiger partial charge is 0.308 e. The Balaban J connectivity index is 1.54. The number of hydrogen-bond acceptors (Lipinski definition) is 3. The van der Waals surface area contributed by atoms with E-state index in [0.29, 0.717) is 11.4 Å². The summed E-state index contributed by atoms with van der Waals surface area (Å²) in [5.74, 6) is 0.608. The molecule has 5 aromatic carbocycles. The van der Waals surface area contributed by atoms with Crippen LogP contribution >= 0.6 is 0 Å². The number of para-hydroxylation sites is 1. The summed E-state index contributed by atoms with van der Waals surface area (Å²) >= 11 is 0. The van der Waals surface area contributed by atoms with Crippen molar-refractivity contribution >= 4 is 21.8 Å². The zero-order valence-electron chi connectivity index (χ0n) is 24.4. The van der Waals surface area contributed by atoms with Crippen molar-refractivity contribution in [1.29, 1.82) is 5.26 Å². The van der Waals surface area contributed by atoms with E-state index in [2.05, 4.69) is 98.1 Å². The van der Waals surface area contributed by atoms with Crippen molar-refractivity contribution in [3.8, 4) is 45.7 Å². The van der Waals surface area contributed by atoms with Crippen molar-refractivity contribution in [3.05, 3.63) is 139 Å². The van der Waals surface area contributed by atoms with Crippen molar-refractivity contribution in [3.63, 3.8) is 0 Å². The summed E-state index contributed by atoms with van der Waals surface area (Å²) in [6, 6.07) is 45.8. The second-order valence-electron chi connectivity index (χ2n) is 11.9. The van der Waals surface area contributed by atoms with Crippen molar-refractivity contribution in [1.82, 2.24) is 14.5 Å². The van der Waals surface area contributed by atoms with Crippen LogP contribution in [-0.4, -0.2) is 14.5 Å². The van der Waals surface area contributed by atoms with E-state index >= 15 is 0 Å². The molecule has 0 saturated carbocycles. The predicted molar refractivity (Wildman–Crippen MR) is 176 cm³/mol. The number of aromatic nitrogens is 3. The number of hydrogen-bond donors (Lipinski definition) is 0. The van der Waals surface area contributed by atoms with Crippen LogP contribution < -0.4 is 0 Å². The van der Waals surface area contributed by atoms with Gasteiger partial charge in [0.15, 0.2) is 5.82 Å². The highest BCUT2D eigenvalue weighted by molar-refractivity contribution is 6.10.